The van der Waals surface area contributed by atoms with Crippen LogP contribution >= 0.6 is 11.6 Å². The zero-order valence-electron chi connectivity index (χ0n) is 12.3. The second-order valence-corrected chi connectivity index (χ2v) is 11.1. The van der Waals surface area contributed by atoms with Gasteiger partial charge in [0.1, 0.15) is 11.5 Å². The van der Waals surface area contributed by atoms with Crippen LogP contribution in [0, 0.1) is 0 Å². The van der Waals surface area contributed by atoms with Crippen LogP contribution in [0.1, 0.15) is 31.1 Å². The van der Waals surface area contributed by atoms with E-state index in [1.807, 2.05) is 0 Å². The summed E-state index contributed by atoms with van der Waals surface area (Å²) in [5, 5.41) is 0.514. The van der Waals surface area contributed by atoms with Gasteiger partial charge in [-0.2, -0.15) is 0 Å². The van der Waals surface area contributed by atoms with Crippen LogP contribution in [0.2, 0.25) is 23.2 Å². The van der Waals surface area contributed by atoms with Gasteiger partial charge in [0, 0.05) is 6.07 Å². The standard InChI is InChI=1S/C14H21ClO3Si/c1-14(2,3)19(5,6)18-13-8-12(17-4)10(9-16)7-11(13)15/h7-9H,1-6H3. The molecule has 0 bridgehead atoms. The molecule has 0 aliphatic heterocycles. The highest BCUT2D eigenvalue weighted by Gasteiger charge is 2.39. The number of ether oxygens (including phenoxy) is 1. The van der Waals surface area contributed by atoms with Crippen LogP contribution < -0.4 is 9.16 Å². The van der Waals surface area contributed by atoms with E-state index in [-0.39, 0.29) is 5.04 Å². The summed E-state index contributed by atoms with van der Waals surface area (Å²) in [7, 11) is -0.449. The number of benzene rings is 1. The predicted octanol–water partition coefficient (Wildman–Crippen LogP) is 4.55. The Bertz CT molecular complexity index is 478. The lowest BCUT2D eigenvalue weighted by Crippen LogP contribution is -2.43. The minimum Gasteiger partial charge on any atom is -0.542 e. The van der Waals surface area contributed by atoms with Crippen molar-refractivity contribution in [1.29, 1.82) is 0 Å². The van der Waals surface area contributed by atoms with Gasteiger partial charge in [0.25, 0.3) is 8.32 Å². The average Bonchev–Trinajstić information content (AvgIpc) is 2.29. The van der Waals surface area contributed by atoms with Crippen molar-refractivity contribution in [3.05, 3.63) is 22.7 Å². The number of halogens is 1. The Labute approximate surface area is 121 Å². The molecular formula is C14H21ClO3Si. The smallest absolute Gasteiger partial charge is 0.250 e. The molecule has 0 atom stereocenters. The van der Waals surface area contributed by atoms with Crippen LogP contribution in [0.3, 0.4) is 0 Å². The summed E-state index contributed by atoms with van der Waals surface area (Å²) in [6, 6.07) is 3.27. The van der Waals surface area contributed by atoms with Crippen molar-refractivity contribution < 1.29 is 14.0 Å². The summed E-state index contributed by atoms with van der Waals surface area (Å²) in [5.74, 6) is 1.06. The van der Waals surface area contributed by atoms with Crippen LogP contribution in [0.4, 0.5) is 0 Å². The van der Waals surface area contributed by atoms with Gasteiger partial charge in [0.2, 0.25) is 0 Å². The Kier molecular flexibility index (Phi) is 4.69. The Morgan fingerprint density at radius 3 is 2.21 bits per heavy atom. The second-order valence-electron chi connectivity index (χ2n) is 6.00. The summed E-state index contributed by atoms with van der Waals surface area (Å²) in [5.41, 5.74) is 0.426. The summed E-state index contributed by atoms with van der Waals surface area (Å²) >= 11 is 6.18. The molecule has 0 saturated carbocycles. The second kappa shape index (κ2) is 5.55. The number of aldehydes is 1. The van der Waals surface area contributed by atoms with Crippen LogP contribution in [0.15, 0.2) is 12.1 Å². The first kappa shape index (κ1) is 16.1. The SMILES string of the molecule is COc1cc(O[Si](C)(C)C(C)(C)C)c(Cl)cc1C=O. The van der Waals surface area contributed by atoms with Gasteiger partial charge in [-0.15, -0.1) is 0 Å². The van der Waals surface area contributed by atoms with Gasteiger partial charge in [-0.05, 0) is 24.2 Å². The Balaban J connectivity index is 3.19. The molecule has 0 aliphatic rings. The van der Waals surface area contributed by atoms with E-state index in [1.165, 1.54) is 7.11 Å². The lowest BCUT2D eigenvalue weighted by Gasteiger charge is -2.36. The van der Waals surface area contributed by atoms with Crippen molar-refractivity contribution in [3.63, 3.8) is 0 Å². The zero-order chi connectivity index (χ0) is 14.8. The first-order valence-corrected chi connectivity index (χ1v) is 9.42. The first-order valence-electron chi connectivity index (χ1n) is 6.14. The fraction of sp³-hybridized carbons (Fsp3) is 0.500. The van der Waals surface area contributed by atoms with Gasteiger partial charge in [0.05, 0.1) is 17.7 Å². The van der Waals surface area contributed by atoms with Gasteiger partial charge in [-0.1, -0.05) is 32.4 Å². The van der Waals surface area contributed by atoms with E-state index in [0.29, 0.717) is 22.1 Å². The average molecular weight is 301 g/mol. The molecule has 5 heteroatoms. The lowest BCUT2D eigenvalue weighted by molar-refractivity contribution is 0.112. The van der Waals surface area contributed by atoms with Crippen molar-refractivity contribution in [3.8, 4) is 11.5 Å². The van der Waals surface area contributed by atoms with E-state index in [4.69, 9.17) is 20.8 Å². The molecule has 0 spiro atoms. The molecule has 0 heterocycles. The molecule has 1 rings (SSSR count). The number of hydrogen-bond donors (Lipinski definition) is 0. The van der Waals surface area contributed by atoms with Crippen LogP contribution in [0.5, 0.6) is 11.5 Å². The first-order chi connectivity index (χ1) is 8.62. The van der Waals surface area contributed by atoms with Gasteiger partial charge >= 0.3 is 0 Å². The minimum absolute atomic E-state index is 0.0763. The van der Waals surface area contributed by atoms with Crippen molar-refractivity contribution >= 4 is 26.2 Å². The maximum absolute atomic E-state index is 10.9. The molecule has 0 amide bonds. The maximum atomic E-state index is 10.9. The van der Waals surface area contributed by atoms with Gasteiger partial charge in [0.15, 0.2) is 6.29 Å². The highest BCUT2D eigenvalue weighted by atomic mass is 35.5. The summed E-state index contributed by atoms with van der Waals surface area (Å²) in [4.78, 5) is 10.9. The van der Waals surface area contributed by atoms with Crippen molar-refractivity contribution in [2.24, 2.45) is 0 Å². The highest BCUT2D eigenvalue weighted by molar-refractivity contribution is 6.74. The molecule has 0 radical (unpaired) electrons. The number of carbonyl (C=O) groups is 1. The van der Waals surface area contributed by atoms with E-state index in [0.717, 1.165) is 6.29 Å². The van der Waals surface area contributed by atoms with Crippen LogP contribution in [-0.4, -0.2) is 21.7 Å². The molecule has 19 heavy (non-hydrogen) atoms. The fourth-order valence-electron chi connectivity index (χ4n) is 1.33. The minimum atomic E-state index is -1.97. The molecule has 3 nitrogen and oxygen atoms in total. The quantitative estimate of drug-likeness (QED) is 0.604. The third-order valence-corrected chi connectivity index (χ3v) is 8.22. The molecule has 0 N–H and O–H groups in total. The Morgan fingerprint density at radius 1 is 1.21 bits per heavy atom. The normalized spacial score (nSPS) is 12.2. The molecule has 0 unspecified atom stereocenters. The van der Waals surface area contributed by atoms with E-state index in [9.17, 15) is 4.79 Å². The molecule has 0 saturated heterocycles. The highest BCUT2D eigenvalue weighted by Crippen LogP contribution is 2.40. The monoisotopic (exact) mass is 300 g/mol. The van der Waals surface area contributed by atoms with E-state index in [2.05, 4.69) is 33.9 Å². The summed E-state index contributed by atoms with van der Waals surface area (Å²) in [6.07, 6.45) is 0.723. The van der Waals surface area contributed by atoms with Gasteiger partial charge in [-0.3, -0.25) is 4.79 Å². The lowest BCUT2D eigenvalue weighted by atomic mass is 10.2. The largest absolute Gasteiger partial charge is 0.542 e. The third kappa shape index (κ3) is 3.51. The van der Waals surface area contributed by atoms with E-state index < -0.39 is 8.32 Å². The van der Waals surface area contributed by atoms with Crippen molar-refractivity contribution in [1.82, 2.24) is 0 Å². The molecule has 106 valence electrons. The number of rotatable bonds is 4. The third-order valence-electron chi connectivity index (χ3n) is 3.58. The summed E-state index contributed by atoms with van der Waals surface area (Å²) < 4.78 is 11.3. The number of hydrogen-bond acceptors (Lipinski definition) is 3. The number of carbonyl (C=O) groups excluding carboxylic acids is 1. The Morgan fingerprint density at radius 2 is 1.79 bits per heavy atom. The van der Waals surface area contributed by atoms with Crippen molar-refractivity contribution in [2.75, 3.05) is 7.11 Å². The van der Waals surface area contributed by atoms with Crippen LogP contribution in [-0.2, 0) is 0 Å². The molecule has 1 aromatic rings. The van der Waals surface area contributed by atoms with Gasteiger partial charge in [-0.25, -0.2) is 0 Å². The number of methoxy groups -OCH3 is 1. The van der Waals surface area contributed by atoms with Crippen molar-refractivity contribution in [2.45, 2.75) is 38.9 Å². The summed E-state index contributed by atoms with van der Waals surface area (Å²) in [6.45, 7) is 10.8. The molecule has 0 aromatic heterocycles. The maximum Gasteiger partial charge on any atom is 0.250 e. The molecular weight excluding hydrogens is 280 g/mol. The van der Waals surface area contributed by atoms with E-state index >= 15 is 0 Å². The predicted molar refractivity (Wildman–Crippen MR) is 81.2 cm³/mol. The molecule has 0 aliphatic carbocycles. The zero-order valence-corrected chi connectivity index (χ0v) is 14.1. The molecule has 0 fully saturated rings. The van der Waals surface area contributed by atoms with E-state index in [1.54, 1.807) is 12.1 Å². The topological polar surface area (TPSA) is 35.5 Å². The van der Waals surface area contributed by atoms with Gasteiger partial charge < -0.3 is 9.16 Å². The van der Waals surface area contributed by atoms with Crippen LogP contribution in [0.25, 0.3) is 0 Å². The fourth-order valence-corrected chi connectivity index (χ4v) is 2.63. The Hall–Kier alpha value is -1.00. The molecule has 1 aromatic carbocycles.